The number of hydrogen-bond acceptors (Lipinski definition) is 0. The van der Waals surface area contributed by atoms with Crippen LogP contribution in [0.15, 0.2) is 29.0 Å². The molecule has 0 amide bonds. The fourth-order valence-electron chi connectivity index (χ4n) is 2.13. The highest BCUT2D eigenvalue weighted by Gasteiger charge is 2.11. The Labute approximate surface area is 81.0 Å². The van der Waals surface area contributed by atoms with E-state index in [9.17, 15) is 0 Å². The Balaban J connectivity index is 2.29. The topological polar surface area (TPSA) is 0 Å². The Morgan fingerprint density at radius 2 is 2.08 bits per heavy atom. The van der Waals surface area contributed by atoms with Gasteiger partial charge in [-0.25, -0.2) is 0 Å². The summed E-state index contributed by atoms with van der Waals surface area (Å²) in [4.78, 5) is 0. The summed E-state index contributed by atoms with van der Waals surface area (Å²) in [7, 11) is 0. The van der Waals surface area contributed by atoms with Gasteiger partial charge in [0.25, 0.3) is 0 Å². The zero-order valence-corrected chi connectivity index (χ0v) is 8.47. The Bertz CT molecular complexity index is 274. The van der Waals surface area contributed by atoms with Gasteiger partial charge in [0.15, 0.2) is 0 Å². The Hall–Kier alpha value is -0.740. The van der Waals surface area contributed by atoms with Crippen LogP contribution in [-0.2, 0) is 0 Å². The van der Waals surface area contributed by atoms with E-state index in [2.05, 4.69) is 24.8 Å². The third-order valence-electron chi connectivity index (χ3n) is 3.04. The zero-order valence-electron chi connectivity index (χ0n) is 8.47. The standard InChI is InChI=1S/C13H18/c1-11-7-9-12-5-3-2-4-6-13(12)10-8-11/h7,10-11H,2-6,8H2,1H3. The highest BCUT2D eigenvalue weighted by atomic mass is 14.2. The van der Waals surface area contributed by atoms with E-state index >= 15 is 0 Å². The molecule has 13 heavy (non-hydrogen) atoms. The van der Waals surface area contributed by atoms with Crippen LogP contribution in [0.5, 0.6) is 0 Å². The maximum atomic E-state index is 3.50. The molecule has 1 atom stereocenters. The van der Waals surface area contributed by atoms with Crippen LogP contribution in [-0.4, -0.2) is 0 Å². The monoisotopic (exact) mass is 174 g/mol. The molecule has 0 nitrogen and oxygen atoms in total. The lowest BCUT2D eigenvalue weighted by Crippen LogP contribution is -1.86. The molecule has 0 aromatic carbocycles. The van der Waals surface area contributed by atoms with E-state index in [1.807, 2.05) is 0 Å². The van der Waals surface area contributed by atoms with Gasteiger partial charge in [-0.2, -0.15) is 0 Å². The van der Waals surface area contributed by atoms with Gasteiger partial charge >= 0.3 is 0 Å². The summed E-state index contributed by atoms with van der Waals surface area (Å²) in [6, 6.07) is 0. The summed E-state index contributed by atoms with van der Waals surface area (Å²) in [5, 5.41) is 0. The lowest BCUT2D eigenvalue weighted by atomic mass is 10.0. The van der Waals surface area contributed by atoms with Crippen LogP contribution in [0.4, 0.5) is 0 Å². The van der Waals surface area contributed by atoms with Gasteiger partial charge in [-0.1, -0.05) is 19.4 Å². The number of fused-ring (bicyclic) bond motifs is 1. The highest BCUT2D eigenvalue weighted by molar-refractivity contribution is 5.33. The molecule has 70 valence electrons. The number of allylic oxidation sites excluding steroid dienone is 3. The summed E-state index contributed by atoms with van der Waals surface area (Å²) in [5.74, 6) is 0.687. The van der Waals surface area contributed by atoms with E-state index in [-0.39, 0.29) is 0 Å². The van der Waals surface area contributed by atoms with Crippen molar-refractivity contribution in [3.05, 3.63) is 29.0 Å². The molecule has 0 N–H and O–H groups in total. The smallest absolute Gasteiger partial charge is 0.00348 e. The van der Waals surface area contributed by atoms with E-state index in [0.717, 1.165) is 0 Å². The first kappa shape index (κ1) is 8.84. The van der Waals surface area contributed by atoms with E-state index in [4.69, 9.17) is 0 Å². The molecular weight excluding hydrogens is 156 g/mol. The third kappa shape index (κ3) is 2.14. The van der Waals surface area contributed by atoms with Crippen molar-refractivity contribution in [3.8, 4) is 0 Å². The molecule has 1 unspecified atom stereocenters. The van der Waals surface area contributed by atoms with E-state index in [1.165, 1.54) is 44.1 Å². The van der Waals surface area contributed by atoms with E-state index < -0.39 is 0 Å². The molecule has 1 saturated carbocycles. The molecule has 0 bridgehead atoms. The van der Waals surface area contributed by atoms with E-state index in [1.54, 1.807) is 5.57 Å². The average Bonchev–Trinajstić information content (AvgIpc) is 2.43. The van der Waals surface area contributed by atoms with Gasteiger partial charge in [-0.15, -0.1) is 5.73 Å². The molecule has 0 saturated heterocycles. The maximum absolute atomic E-state index is 3.50. The normalized spacial score (nSPS) is 28.2. The molecule has 2 aliphatic carbocycles. The van der Waals surface area contributed by atoms with Gasteiger partial charge in [0.2, 0.25) is 0 Å². The van der Waals surface area contributed by atoms with Crippen LogP contribution in [0, 0.1) is 5.92 Å². The van der Waals surface area contributed by atoms with Crippen LogP contribution in [0.25, 0.3) is 0 Å². The SMILES string of the molecule is CC1C=C=C2CCCCCC2=CC1. The first-order valence-electron chi connectivity index (χ1n) is 5.51. The predicted octanol–water partition coefficient (Wildman–Crippen LogP) is 4.00. The molecule has 0 aromatic rings. The molecule has 2 aliphatic rings. The fraction of sp³-hybridized carbons (Fsp3) is 0.615. The summed E-state index contributed by atoms with van der Waals surface area (Å²) in [6.45, 7) is 2.27. The van der Waals surface area contributed by atoms with Crippen LogP contribution in [0.3, 0.4) is 0 Å². The van der Waals surface area contributed by atoms with Crippen molar-refractivity contribution >= 4 is 0 Å². The summed E-state index contributed by atoms with van der Waals surface area (Å²) >= 11 is 0. The summed E-state index contributed by atoms with van der Waals surface area (Å²) < 4.78 is 0. The lowest BCUT2D eigenvalue weighted by molar-refractivity contribution is 0.712. The molecular formula is C13H18. The minimum absolute atomic E-state index is 0.687. The Morgan fingerprint density at radius 1 is 1.23 bits per heavy atom. The molecule has 0 heteroatoms. The first-order chi connectivity index (χ1) is 6.36. The van der Waals surface area contributed by atoms with Crippen molar-refractivity contribution in [3.63, 3.8) is 0 Å². The molecule has 0 heterocycles. The van der Waals surface area contributed by atoms with Crippen LogP contribution in [0.1, 0.15) is 45.4 Å². The predicted molar refractivity (Wildman–Crippen MR) is 56.5 cm³/mol. The maximum Gasteiger partial charge on any atom is -0.00348 e. The summed E-state index contributed by atoms with van der Waals surface area (Å²) in [5.41, 5.74) is 6.59. The quantitative estimate of drug-likeness (QED) is 0.487. The van der Waals surface area contributed by atoms with Crippen molar-refractivity contribution in [1.29, 1.82) is 0 Å². The average molecular weight is 174 g/mol. The van der Waals surface area contributed by atoms with Crippen molar-refractivity contribution < 1.29 is 0 Å². The molecule has 0 aliphatic heterocycles. The Morgan fingerprint density at radius 3 is 3.00 bits per heavy atom. The third-order valence-corrected chi connectivity index (χ3v) is 3.04. The second-order valence-corrected chi connectivity index (χ2v) is 4.29. The molecule has 1 fully saturated rings. The minimum atomic E-state index is 0.687. The van der Waals surface area contributed by atoms with Gasteiger partial charge in [-0.05, 0) is 55.2 Å². The van der Waals surface area contributed by atoms with Crippen molar-refractivity contribution in [1.82, 2.24) is 0 Å². The van der Waals surface area contributed by atoms with Gasteiger partial charge in [0.05, 0.1) is 0 Å². The zero-order chi connectivity index (χ0) is 9.10. The molecule has 2 rings (SSSR count). The molecule has 0 spiro atoms. The van der Waals surface area contributed by atoms with Gasteiger partial charge < -0.3 is 0 Å². The Kier molecular flexibility index (Phi) is 2.71. The number of hydrogen-bond donors (Lipinski definition) is 0. The van der Waals surface area contributed by atoms with Crippen molar-refractivity contribution in [2.45, 2.75) is 45.4 Å². The van der Waals surface area contributed by atoms with Gasteiger partial charge in [-0.3, -0.25) is 0 Å². The molecule has 0 radical (unpaired) electrons. The largest absolute Gasteiger partial charge is 0.121 e. The second kappa shape index (κ2) is 3.98. The fourth-order valence-corrected chi connectivity index (χ4v) is 2.13. The first-order valence-corrected chi connectivity index (χ1v) is 5.51. The summed E-state index contributed by atoms with van der Waals surface area (Å²) in [6.07, 6.45) is 12.6. The highest BCUT2D eigenvalue weighted by Crippen LogP contribution is 2.29. The number of rotatable bonds is 0. The van der Waals surface area contributed by atoms with Gasteiger partial charge in [0, 0.05) is 0 Å². The van der Waals surface area contributed by atoms with Crippen LogP contribution >= 0.6 is 0 Å². The van der Waals surface area contributed by atoms with Crippen molar-refractivity contribution in [2.24, 2.45) is 5.92 Å². The lowest BCUT2D eigenvalue weighted by Gasteiger charge is -2.03. The van der Waals surface area contributed by atoms with Gasteiger partial charge in [0.1, 0.15) is 0 Å². The van der Waals surface area contributed by atoms with Crippen molar-refractivity contribution in [2.75, 3.05) is 0 Å². The molecule has 0 aromatic heterocycles. The van der Waals surface area contributed by atoms with Crippen LogP contribution < -0.4 is 0 Å². The van der Waals surface area contributed by atoms with Crippen LogP contribution in [0.2, 0.25) is 0 Å². The minimum Gasteiger partial charge on any atom is -0.121 e. The second-order valence-electron chi connectivity index (χ2n) is 4.29. The van der Waals surface area contributed by atoms with E-state index in [0.29, 0.717) is 5.92 Å².